The number of aliphatic hydroxyl groups excluding tert-OH is 1. The van der Waals surface area contributed by atoms with E-state index in [1.807, 2.05) is 22.9 Å². The van der Waals surface area contributed by atoms with E-state index in [0.29, 0.717) is 0 Å². The highest BCUT2D eigenvalue weighted by atomic mass is 32.1. The van der Waals surface area contributed by atoms with E-state index in [4.69, 9.17) is 0 Å². The number of hydrogen-bond donors (Lipinski definition) is 1. The highest BCUT2D eigenvalue weighted by Crippen LogP contribution is 2.33. The topological polar surface area (TPSA) is 20.2 Å². The van der Waals surface area contributed by atoms with Gasteiger partial charge in [-0.2, -0.15) is 11.3 Å². The van der Waals surface area contributed by atoms with Gasteiger partial charge in [-0.1, -0.05) is 0 Å². The molecule has 0 aliphatic rings. The quantitative estimate of drug-likeness (QED) is 0.736. The Kier molecular flexibility index (Phi) is 2.70. The Labute approximate surface area is 106 Å². The molecule has 1 nitrogen and oxygen atoms in total. The third-order valence-corrected chi connectivity index (χ3v) is 4.50. The maximum Gasteiger partial charge on any atom is 0.123 e. The largest absolute Gasteiger partial charge is 0.383 e. The molecule has 0 fully saturated rings. The standard InChI is InChI=1S/C13H9FOS2/c14-10-1-2-11-9(5-10)6-12(17-11)13(15)8-3-4-16-7-8/h1-7,13,15H. The maximum absolute atomic E-state index is 13.1. The van der Waals surface area contributed by atoms with E-state index in [2.05, 4.69) is 0 Å². The molecule has 17 heavy (non-hydrogen) atoms. The van der Waals surface area contributed by atoms with Crippen LogP contribution in [-0.2, 0) is 0 Å². The van der Waals surface area contributed by atoms with Crippen molar-refractivity contribution in [1.29, 1.82) is 0 Å². The van der Waals surface area contributed by atoms with Gasteiger partial charge in [0.05, 0.1) is 0 Å². The summed E-state index contributed by atoms with van der Waals surface area (Å²) in [5.74, 6) is -0.244. The van der Waals surface area contributed by atoms with Crippen molar-refractivity contribution >= 4 is 32.8 Å². The summed E-state index contributed by atoms with van der Waals surface area (Å²) in [6, 6.07) is 8.44. The van der Waals surface area contributed by atoms with Crippen LogP contribution in [0.5, 0.6) is 0 Å². The van der Waals surface area contributed by atoms with Crippen LogP contribution in [0.3, 0.4) is 0 Å². The number of halogens is 1. The Morgan fingerprint density at radius 3 is 2.82 bits per heavy atom. The highest BCUT2D eigenvalue weighted by molar-refractivity contribution is 7.19. The SMILES string of the molecule is OC(c1ccsc1)c1cc2cc(F)ccc2s1. The van der Waals surface area contributed by atoms with Gasteiger partial charge in [-0.15, -0.1) is 11.3 Å². The van der Waals surface area contributed by atoms with Crippen molar-refractivity contribution in [3.8, 4) is 0 Å². The Morgan fingerprint density at radius 1 is 1.18 bits per heavy atom. The summed E-state index contributed by atoms with van der Waals surface area (Å²) >= 11 is 3.06. The van der Waals surface area contributed by atoms with E-state index in [-0.39, 0.29) is 5.82 Å². The van der Waals surface area contributed by atoms with Crippen LogP contribution in [0.25, 0.3) is 10.1 Å². The minimum Gasteiger partial charge on any atom is -0.383 e. The lowest BCUT2D eigenvalue weighted by Crippen LogP contribution is -1.93. The van der Waals surface area contributed by atoms with Gasteiger partial charge in [-0.05, 0) is 52.0 Å². The number of aliphatic hydroxyl groups is 1. The van der Waals surface area contributed by atoms with E-state index >= 15 is 0 Å². The predicted octanol–water partition coefficient (Wildman–Crippen LogP) is 4.18. The molecule has 2 aromatic heterocycles. The van der Waals surface area contributed by atoms with Crippen molar-refractivity contribution in [3.63, 3.8) is 0 Å². The fraction of sp³-hybridized carbons (Fsp3) is 0.0769. The van der Waals surface area contributed by atoms with E-state index in [9.17, 15) is 9.50 Å². The van der Waals surface area contributed by atoms with Crippen molar-refractivity contribution in [1.82, 2.24) is 0 Å². The van der Waals surface area contributed by atoms with Gasteiger partial charge in [0.2, 0.25) is 0 Å². The molecular formula is C13H9FOS2. The maximum atomic E-state index is 13.1. The lowest BCUT2D eigenvalue weighted by molar-refractivity contribution is 0.225. The zero-order chi connectivity index (χ0) is 11.8. The number of thiophene rings is 2. The summed E-state index contributed by atoms with van der Waals surface area (Å²) in [6.07, 6.45) is -0.610. The zero-order valence-electron chi connectivity index (χ0n) is 8.76. The molecule has 3 aromatic rings. The molecule has 1 aromatic carbocycles. The van der Waals surface area contributed by atoms with Crippen molar-refractivity contribution in [2.24, 2.45) is 0 Å². The number of rotatable bonds is 2. The van der Waals surface area contributed by atoms with Gasteiger partial charge in [0.25, 0.3) is 0 Å². The van der Waals surface area contributed by atoms with Crippen LogP contribution in [0.2, 0.25) is 0 Å². The van der Waals surface area contributed by atoms with E-state index < -0.39 is 6.10 Å². The molecule has 0 saturated heterocycles. The van der Waals surface area contributed by atoms with Crippen molar-refractivity contribution < 1.29 is 9.50 Å². The fourth-order valence-electron chi connectivity index (χ4n) is 1.76. The first-order chi connectivity index (χ1) is 8.24. The molecule has 2 heterocycles. The average molecular weight is 264 g/mol. The smallest absolute Gasteiger partial charge is 0.123 e. The second-order valence-corrected chi connectivity index (χ2v) is 5.69. The first-order valence-corrected chi connectivity index (χ1v) is 6.89. The molecule has 0 aliphatic carbocycles. The third kappa shape index (κ3) is 1.99. The predicted molar refractivity (Wildman–Crippen MR) is 70.2 cm³/mol. The molecule has 0 saturated carbocycles. The van der Waals surface area contributed by atoms with Gasteiger partial charge in [-0.25, -0.2) is 4.39 Å². The van der Waals surface area contributed by atoms with Crippen LogP contribution in [0, 0.1) is 5.82 Å². The Hall–Kier alpha value is -1.23. The minimum absolute atomic E-state index is 0.244. The molecule has 4 heteroatoms. The van der Waals surface area contributed by atoms with Gasteiger partial charge >= 0.3 is 0 Å². The summed E-state index contributed by atoms with van der Waals surface area (Å²) in [7, 11) is 0. The lowest BCUT2D eigenvalue weighted by Gasteiger charge is -2.04. The van der Waals surface area contributed by atoms with Crippen LogP contribution >= 0.6 is 22.7 Å². The summed E-state index contributed by atoms with van der Waals surface area (Å²) in [6.45, 7) is 0. The van der Waals surface area contributed by atoms with E-state index in [0.717, 1.165) is 20.5 Å². The Bertz CT molecular complexity index is 643. The average Bonchev–Trinajstić information content (AvgIpc) is 2.96. The molecule has 0 amide bonds. The second-order valence-electron chi connectivity index (χ2n) is 3.79. The molecule has 0 radical (unpaired) electrons. The molecule has 0 spiro atoms. The fourth-order valence-corrected chi connectivity index (χ4v) is 3.50. The number of hydrogen-bond acceptors (Lipinski definition) is 3. The molecule has 1 unspecified atom stereocenters. The van der Waals surface area contributed by atoms with Gasteiger partial charge < -0.3 is 5.11 Å². The van der Waals surface area contributed by atoms with Crippen molar-refractivity contribution in [2.45, 2.75) is 6.10 Å². The summed E-state index contributed by atoms with van der Waals surface area (Å²) in [4.78, 5) is 0.851. The normalized spacial score (nSPS) is 13.1. The van der Waals surface area contributed by atoms with E-state index in [1.54, 1.807) is 17.4 Å². The number of fused-ring (bicyclic) bond motifs is 1. The van der Waals surface area contributed by atoms with Crippen LogP contribution < -0.4 is 0 Å². The molecule has 1 atom stereocenters. The minimum atomic E-state index is -0.610. The van der Waals surface area contributed by atoms with E-state index in [1.165, 1.54) is 23.5 Å². The Balaban J connectivity index is 2.06. The molecule has 3 rings (SSSR count). The summed E-state index contributed by atoms with van der Waals surface area (Å²) < 4.78 is 14.1. The highest BCUT2D eigenvalue weighted by Gasteiger charge is 2.14. The monoisotopic (exact) mass is 264 g/mol. The second kappa shape index (κ2) is 4.22. The lowest BCUT2D eigenvalue weighted by atomic mass is 10.1. The number of benzene rings is 1. The molecular weight excluding hydrogens is 255 g/mol. The first-order valence-electron chi connectivity index (χ1n) is 5.13. The van der Waals surface area contributed by atoms with Crippen LogP contribution in [0.15, 0.2) is 41.1 Å². The first kappa shape index (κ1) is 10.9. The molecule has 0 aliphatic heterocycles. The summed E-state index contributed by atoms with van der Waals surface area (Å²) in [5, 5.41) is 14.9. The zero-order valence-corrected chi connectivity index (χ0v) is 10.4. The van der Waals surface area contributed by atoms with Gasteiger partial charge in [0.1, 0.15) is 11.9 Å². The summed E-state index contributed by atoms with van der Waals surface area (Å²) in [5.41, 5.74) is 0.891. The Morgan fingerprint density at radius 2 is 2.06 bits per heavy atom. The third-order valence-electron chi connectivity index (χ3n) is 2.63. The molecule has 1 N–H and O–H groups in total. The van der Waals surface area contributed by atoms with Crippen molar-refractivity contribution in [2.75, 3.05) is 0 Å². The van der Waals surface area contributed by atoms with Gasteiger partial charge in [0.15, 0.2) is 0 Å². The van der Waals surface area contributed by atoms with Crippen LogP contribution in [0.4, 0.5) is 4.39 Å². The molecule has 86 valence electrons. The van der Waals surface area contributed by atoms with Gasteiger partial charge in [-0.3, -0.25) is 0 Å². The van der Waals surface area contributed by atoms with Crippen molar-refractivity contribution in [3.05, 3.63) is 57.3 Å². The van der Waals surface area contributed by atoms with Crippen LogP contribution in [0.1, 0.15) is 16.5 Å². The molecule has 0 bridgehead atoms. The van der Waals surface area contributed by atoms with Crippen LogP contribution in [-0.4, -0.2) is 5.11 Å². The van der Waals surface area contributed by atoms with Gasteiger partial charge in [0, 0.05) is 9.58 Å².